The number of ether oxygens (including phenoxy) is 1. The van der Waals surface area contributed by atoms with E-state index in [4.69, 9.17) is 9.26 Å². The van der Waals surface area contributed by atoms with Gasteiger partial charge in [0.15, 0.2) is 5.82 Å². The SMILES string of the molecule is CCn1ccc2cc(-c3nc([C@H]4CCOC4)no3)ccc21. The summed E-state index contributed by atoms with van der Waals surface area (Å²) < 4.78 is 13.0. The molecule has 5 nitrogen and oxygen atoms in total. The molecule has 0 spiro atoms. The smallest absolute Gasteiger partial charge is 0.257 e. The van der Waals surface area contributed by atoms with Gasteiger partial charge in [-0.3, -0.25) is 0 Å². The molecule has 0 radical (unpaired) electrons. The van der Waals surface area contributed by atoms with E-state index in [0.29, 0.717) is 12.5 Å². The van der Waals surface area contributed by atoms with Gasteiger partial charge < -0.3 is 13.8 Å². The third kappa shape index (κ3) is 2.14. The van der Waals surface area contributed by atoms with Crippen LogP contribution in [-0.2, 0) is 11.3 Å². The lowest BCUT2D eigenvalue weighted by molar-refractivity contribution is 0.192. The fourth-order valence-electron chi connectivity index (χ4n) is 2.87. The summed E-state index contributed by atoms with van der Waals surface area (Å²) in [5, 5.41) is 5.30. The number of hydrogen-bond acceptors (Lipinski definition) is 4. The maximum absolute atomic E-state index is 5.42. The highest BCUT2D eigenvalue weighted by molar-refractivity contribution is 5.84. The summed E-state index contributed by atoms with van der Waals surface area (Å²) in [6.45, 7) is 4.58. The Morgan fingerprint density at radius 1 is 1.33 bits per heavy atom. The predicted octanol–water partition coefficient (Wildman–Crippen LogP) is 3.22. The molecule has 0 saturated carbocycles. The fraction of sp³-hybridized carbons (Fsp3) is 0.375. The van der Waals surface area contributed by atoms with Crippen LogP contribution in [0, 0.1) is 0 Å². The zero-order valence-electron chi connectivity index (χ0n) is 12.0. The normalized spacial score (nSPS) is 18.6. The molecule has 1 aliphatic heterocycles. The standard InChI is InChI=1S/C16H17N3O2/c1-2-19-7-5-11-9-12(3-4-14(11)19)16-17-15(18-21-16)13-6-8-20-10-13/h3-5,7,9,13H,2,6,8,10H2,1H3/t13-/m0/s1. The first-order chi connectivity index (χ1) is 10.3. The van der Waals surface area contributed by atoms with Gasteiger partial charge in [-0.25, -0.2) is 0 Å². The first kappa shape index (κ1) is 12.6. The topological polar surface area (TPSA) is 53.1 Å². The minimum Gasteiger partial charge on any atom is -0.381 e. The van der Waals surface area contributed by atoms with Crippen LogP contribution in [0.15, 0.2) is 35.0 Å². The number of aryl methyl sites for hydroxylation is 1. The lowest BCUT2D eigenvalue weighted by atomic mass is 10.1. The quantitative estimate of drug-likeness (QED) is 0.740. The number of benzene rings is 1. The van der Waals surface area contributed by atoms with Gasteiger partial charge in [0.1, 0.15) is 0 Å². The van der Waals surface area contributed by atoms with Crippen molar-refractivity contribution < 1.29 is 9.26 Å². The lowest BCUT2D eigenvalue weighted by Gasteiger charge is -2.01. The summed E-state index contributed by atoms with van der Waals surface area (Å²) in [5.41, 5.74) is 2.19. The molecule has 0 bridgehead atoms. The number of aromatic nitrogens is 3. The van der Waals surface area contributed by atoms with Gasteiger partial charge in [0, 0.05) is 41.7 Å². The Morgan fingerprint density at radius 2 is 2.29 bits per heavy atom. The predicted molar refractivity (Wildman–Crippen MR) is 79.1 cm³/mol. The van der Waals surface area contributed by atoms with Gasteiger partial charge in [-0.2, -0.15) is 4.98 Å². The van der Waals surface area contributed by atoms with Crippen molar-refractivity contribution in [1.82, 2.24) is 14.7 Å². The number of fused-ring (bicyclic) bond motifs is 1. The van der Waals surface area contributed by atoms with E-state index in [-0.39, 0.29) is 5.92 Å². The number of rotatable bonds is 3. The Balaban J connectivity index is 1.69. The second kappa shape index (κ2) is 5.00. The molecule has 0 unspecified atom stereocenters. The van der Waals surface area contributed by atoms with Gasteiger partial charge in [0.2, 0.25) is 0 Å². The van der Waals surface area contributed by atoms with Crippen molar-refractivity contribution in [3.63, 3.8) is 0 Å². The van der Waals surface area contributed by atoms with Crippen LogP contribution < -0.4 is 0 Å². The Kier molecular flexibility index (Phi) is 3.00. The monoisotopic (exact) mass is 283 g/mol. The molecule has 0 N–H and O–H groups in total. The molecule has 108 valence electrons. The van der Waals surface area contributed by atoms with Crippen LogP contribution in [0.2, 0.25) is 0 Å². The third-order valence-electron chi connectivity index (χ3n) is 4.10. The average Bonchev–Trinajstić information content (AvgIpc) is 3.25. The molecule has 0 aliphatic carbocycles. The first-order valence-corrected chi connectivity index (χ1v) is 7.36. The maximum atomic E-state index is 5.42. The van der Waals surface area contributed by atoms with Crippen LogP contribution in [-0.4, -0.2) is 27.9 Å². The molecule has 2 aromatic heterocycles. The molecule has 1 saturated heterocycles. The Labute approximate surface area is 122 Å². The molecular weight excluding hydrogens is 266 g/mol. The molecule has 1 fully saturated rings. The molecule has 1 atom stereocenters. The van der Waals surface area contributed by atoms with Crippen LogP contribution in [0.3, 0.4) is 0 Å². The summed E-state index contributed by atoms with van der Waals surface area (Å²) in [6.07, 6.45) is 3.07. The number of nitrogens with zero attached hydrogens (tertiary/aromatic N) is 3. The number of hydrogen-bond donors (Lipinski definition) is 0. The highest BCUT2D eigenvalue weighted by Crippen LogP contribution is 2.27. The van der Waals surface area contributed by atoms with E-state index in [2.05, 4.69) is 46.0 Å². The summed E-state index contributed by atoms with van der Waals surface area (Å²) in [5.74, 6) is 1.61. The molecule has 1 aliphatic rings. The largest absolute Gasteiger partial charge is 0.381 e. The van der Waals surface area contributed by atoms with E-state index in [1.54, 1.807) is 0 Å². The summed E-state index contributed by atoms with van der Waals surface area (Å²) >= 11 is 0. The van der Waals surface area contributed by atoms with Gasteiger partial charge in [-0.15, -0.1) is 0 Å². The molecule has 3 heterocycles. The van der Waals surface area contributed by atoms with E-state index in [1.807, 2.05) is 6.07 Å². The zero-order valence-corrected chi connectivity index (χ0v) is 12.0. The van der Waals surface area contributed by atoms with Crippen molar-refractivity contribution in [2.24, 2.45) is 0 Å². The summed E-state index contributed by atoms with van der Waals surface area (Å²) in [6, 6.07) is 8.36. The van der Waals surface area contributed by atoms with Gasteiger partial charge in [-0.1, -0.05) is 5.16 Å². The first-order valence-electron chi connectivity index (χ1n) is 7.36. The molecule has 1 aromatic carbocycles. The summed E-state index contributed by atoms with van der Waals surface area (Å²) in [4.78, 5) is 4.53. The van der Waals surface area contributed by atoms with Gasteiger partial charge in [0.05, 0.1) is 6.61 Å². The highest BCUT2D eigenvalue weighted by Gasteiger charge is 2.23. The van der Waals surface area contributed by atoms with E-state index < -0.39 is 0 Å². The highest BCUT2D eigenvalue weighted by atomic mass is 16.5. The van der Waals surface area contributed by atoms with Gasteiger partial charge in [0.25, 0.3) is 5.89 Å². The molecular formula is C16H17N3O2. The van der Waals surface area contributed by atoms with Crippen molar-refractivity contribution >= 4 is 10.9 Å². The van der Waals surface area contributed by atoms with Crippen LogP contribution in [0.4, 0.5) is 0 Å². The van der Waals surface area contributed by atoms with Crippen molar-refractivity contribution in [1.29, 1.82) is 0 Å². The van der Waals surface area contributed by atoms with Crippen LogP contribution >= 0.6 is 0 Å². The summed E-state index contributed by atoms with van der Waals surface area (Å²) in [7, 11) is 0. The van der Waals surface area contributed by atoms with E-state index in [0.717, 1.165) is 31.0 Å². The average molecular weight is 283 g/mol. The van der Waals surface area contributed by atoms with Gasteiger partial charge in [-0.05, 0) is 37.6 Å². The molecule has 21 heavy (non-hydrogen) atoms. The van der Waals surface area contributed by atoms with Crippen molar-refractivity contribution in [3.8, 4) is 11.5 Å². The lowest BCUT2D eigenvalue weighted by Crippen LogP contribution is -1.99. The van der Waals surface area contributed by atoms with Crippen LogP contribution in [0.5, 0.6) is 0 Å². The Hall–Kier alpha value is -2.14. The van der Waals surface area contributed by atoms with E-state index in [9.17, 15) is 0 Å². The second-order valence-electron chi connectivity index (χ2n) is 5.39. The zero-order chi connectivity index (χ0) is 14.2. The van der Waals surface area contributed by atoms with E-state index >= 15 is 0 Å². The second-order valence-corrected chi connectivity index (χ2v) is 5.39. The molecule has 5 heteroatoms. The van der Waals surface area contributed by atoms with Crippen molar-refractivity contribution in [3.05, 3.63) is 36.3 Å². The minimum atomic E-state index is 0.271. The minimum absolute atomic E-state index is 0.271. The van der Waals surface area contributed by atoms with Crippen molar-refractivity contribution in [2.45, 2.75) is 25.8 Å². The molecule has 0 amide bonds. The Morgan fingerprint density at radius 3 is 3.10 bits per heavy atom. The van der Waals surface area contributed by atoms with Crippen LogP contribution in [0.1, 0.15) is 25.1 Å². The maximum Gasteiger partial charge on any atom is 0.257 e. The van der Waals surface area contributed by atoms with E-state index in [1.165, 1.54) is 10.9 Å². The van der Waals surface area contributed by atoms with Gasteiger partial charge >= 0.3 is 0 Å². The molecule has 3 aromatic rings. The molecule has 4 rings (SSSR count). The Bertz CT molecular complexity index is 769. The van der Waals surface area contributed by atoms with Crippen molar-refractivity contribution in [2.75, 3.05) is 13.2 Å². The fourth-order valence-corrected chi connectivity index (χ4v) is 2.87. The van der Waals surface area contributed by atoms with Crippen LogP contribution in [0.25, 0.3) is 22.4 Å². The third-order valence-corrected chi connectivity index (χ3v) is 4.10.